The molecule has 0 bridgehead atoms. The predicted molar refractivity (Wildman–Crippen MR) is 98.0 cm³/mol. The number of piperidine rings is 1. The molecule has 0 aromatic heterocycles. The molecule has 2 aromatic rings. The highest BCUT2D eigenvalue weighted by Gasteiger charge is 2.34. The van der Waals surface area contributed by atoms with E-state index in [2.05, 4.69) is 0 Å². The van der Waals surface area contributed by atoms with E-state index < -0.39 is 26.8 Å². The number of nitrogens with zero attached hydrogens (tertiary/aromatic N) is 1. The van der Waals surface area contributed by atoms with Crippen molar-refractivity contribution in [3.05, 3.63) is 64.4 Å². The van der Waals surface area contributed by atoms with E-state index in [0.717, 1.165) is 24.1 Å². The standard InChI is InChI=1S/C19H18ClF4NO2S/c20-17-12-15(19(22,23)24)3-6-18(17)28(26,27)25-9-7-14(8-10-25)11-13-1-4-16(21)5-2-13/h1-6,12,14H,7-11H2. The summed E-state index contributed by atoms with van der Waals surface area (Å²) in [6.45, 7) is 0.511. The van der Waals surface area contributed by atoms with Crippen LogP contribution in [-0.4, -0.2) is 25.8 Å². The van der Waals surface area contributed by atoms with Gasteiger partial charge in [-0.2, -0.15) is 17.5 Å². The van der Waals surface area contributed by atoms with E-state index in [9.17, 15) is 26.0 Å². The van der Waals surface area contributed by atoms with Gasteiger partial charge in [-0.05, 0) is 61.1 Å². The number of hydrogen-bond acceptors (Lipinski definition) is 2. The highest BCUT2D eigenvalue weighted by molar-refractivity contribution is 7.89. The molecule has 9 heteroatoms. The van der Waals surface area contributed by atoms with Gasteiger partial charge in [0, 0.05) is 13.1 Å². The summed E-state index contributed by atoms with van der Waals surface area (Å²) in [6, 6.07) is 8.46. The molecule has 1 fully saturated rings. The molecule has 1 aliphatic heterocycles. The molecule has 0 aliphatic carbocycles. The van der Waals surface area contributed by atoms with Crippen molar-refractivity contribution in [3.8, 4) is 0 Å². The molecule has 1 saturated heterocycles. The van der Waals surface area contributed by atoms with Crippen LogP contribution >= 0.6 is 11.6 Å². The summed E-state index contributed by atoms with van der Waals surface area (Å²) in [4.78, 5) is -0.320. The molecule has 28 heavy (non-hydrogen) atoms. The van der Waals surface area contributed by atoms with Crippen LogP contribution in [0.4, 0.5) is 17.6 Å². The Kier molecular flexibility index (Phi) is 6.03. The van der Waals surface area contributed by atoms with Gasteiger partial charge in [0.15, 0.2) is 0 Å². The molecule has 0 N–H and O–H groups in total. The van der Waals surface area contributed by atoms with Gasteiger partial charge in [-0.15, -0.1) is 0 Å². The first-order valence-electron chi connectivity index (χ1n) is 8.69. The molecule has 0 spiro atoms. The van der Waals surface area contributed by atoms with Crippen LogP contribution in [0, 0.1) is 11.7 Å². The van der Waals surface area contributed by atoms with Crippen molar-refractivity contribution < 1.29 is 26.0 Å². The van der Waals surface area contributed by atoms with Crippen molar-refractivity contribution in [1.29, 1.82) is 0 Å². The summed E-state index contributed by atoms with van der Waals surface area (Å²) in [7, 11) is -3.97. The van der Waals surface area contributed by atoms with Gasteiger partial charge in [-0.3, -0.25) is 0 Å². The fraction of sp³-hybridized carbons (Fsp3) is 0.368. The maximum absolute atomic E-state index is 13.0. The maximum atomic E-state index is 13.0. The van der Waals surface area contributed by atoms with Crippen LogP contribution in [0.25, 0.3) is 0 Å². The van der Waals surface area contributed by atoms with Crippen LogP contribution in [0.15, 0.2) is 47.4 Å². The molecule has 0 atom stereocenters. The Balaban J connectivity index is 1.68. The first-order chi connectivity index (χ1) is 13.1. The first kappa shape index (κ1) is 21.1. The number of rotatable bonds is 4. The van der Waals surface area contributed by atoms with Gasteiger partial charge in [0.2, 0.25) is 10.0 Å². The first-order valence-corrected chi connectivity index (χ1v) is 10.5. The predicted octanol–water partition coefficient (Wildman–Crippen LogP) is 5.14. The van der Waals surface area contributed by atoms with Crippen molar-refractivity contribution >= 4 is 21.6 Å². The van der Waals surface area contributed by atoms with Gasteiger partial charge in [0.1, 0.15) is 10.7 Å². The monoisotopic (exact) mass is 435 g/mol. The summed E-state index contributed by atoms with van der Waals surface area (Å²) >= 11 is 5.85. The Morgan fingerprint density at radius 2 is 1.64 bits per heavy atom. The molecule has 1 aliphatic rings. The van der Waals surface area contributed by atoms with Gasteiger partial charge in [-0.1, -0.05) is 23.7 Å². The van der Waals surface area contributed by atoms with Gasteiger partial charge in [0.05, 0.1) is 10.6 Å². The lowest BCUT2D eigenvalue weighted by molar-refractivity contribution is -0.137. The van der Waals surface area contributed by atoms with Gasteiger partial charge < -0.3 is 0 Å². The highest BCUT2D eigenvalue weighted by atomic mass is 35.5. The van der Waals surface area contributed by atoms with Crippen LogP contribution in [0.5, 0.6) is 0 Å². The normalized spacial score (nSPS) is 17.0. The maximum Gasteiger partial charge on any atom is 0.416 e. The lowest BCUT2D eigenvalue weighted by Gasteiger charge is -2.31. The summed E-state index contributed by atoms with van der Waals surface area (Å²) in [6.07, 6.45) is -2.66. The Labute approximate surface area is 166 Å². The van der Waals surface area contributed by atoms with Crippen LogP contribution in [0.3, 0.4) is 0 Å². The average molecular weight is 436 g/mol. The topological polar surface area (TPSA) is 37.4 Å². The van der Waals surface area contributed by atoms with E-state index in [0.29, 0.717) is 18.9 Å². The minimum absolute atomic E-state index is 0.250. The molecule has 0 amide bonds. The zero-order valence-corrected chi connectivity index (χ0v) is 16.3. The number of halogens is 5. The Morgan fingerprint density at radius 1 is 1.04 bits per heavy atom. The van der Waals surface area contributed by atoms with Crippen LogP contribution in [-0.2, 0) is 22.6 Å². The van der Waals surface area contributed by atoms with E-state index in [-0.39, 0.29) is 29.7 Å². The minimum Gasteiger partial charge on any atom is -0.207 e. The van der Waals surface area contributed by atoms with E-state index in [1.54, 1.807) is 12.1 Å². The molecular formula is C19H18ClF4NO2S. The van der Waals surface area contributed by atoms with Gasteiger partial charge in [0.25, 0.3) is 0 Å². The average Bonchev–Trinajstić information content (AvgIpc) is 2.63. The number of hydrogen-bond donors (Lipinski definition) is 0. The number of benzene rings is 2. The number of sulfonamides is 1. The molecule has 0 unspecified atom stereocenters. The summed E-state index contributed by atoms with van der Waals surface area (Å²) < 4.78 is 78.1. The zero-order chi connectivity index (χ0) is 20.5. The molecule has 0 radical (unpaired) electrons. The van der Waals surface area contributed by atoms with Crippen LogP contribution < -0.4 is 0 Å². The highest BCUT2D eigenvalue weighted by Crippen LogP contribution is 2.35. The third-order valence-corrected chi connectivity index (χ3v) is 7.27. The molecule has 3 rings (SSSR count). The third-order valence-electron chi connectivity index (χ3n) is 4.89. The van der Waals surface area contributed by atoms with E-state index in [1.165, 1.54) is 16.4 Å². The van der Waals surface area contributed by atoms with Crippen molar-refractivity contribution in [2.24, 2.45) is 5.92 Å². The van der Waals surface area contributed by atoms with Gasteiger partial charge in [-0.25, -0.2) is 12.8 Å². The Bertz CT molecular complexity index is 937. The summed E-state index contributed by atoms with van der Waals surface area (Å²) in [5, 5.41) is -0.441. The van der Waals surface area contributed by atoms with Crippen molar-refractivity contribution in [2.45, 2.75) is 30.3 Å². The van der Waals surface area contributed by atoms with E-state index in [4.69, 9.17) is 11.6 Å². The molecule has 2 aromatic carbocycles. The second-order valence-corrected chi connectivity index (χ2v) is 9.13. The molecule has 1 heterocycles. The fourth-order valence-corrected chi connectivity index (χ4v) is 5.32. The van der Waals surface area contributed by atoms with Crippen LogP contribution in [0.1, 0.15) is 24.0 Å². The summed E-state index contributed by atoms with van der Waals surface area (Å²) in [5.41, 5.74) is -0.0112. The SMILES string of the molecule is O=S(=O)(c1ccc(C(F)(F)F)cc1Cl)N1CCC(Cc2ccc(F)cc2)CC1. The number of alkyl halides is 3. The molecular weight excluding hydrogens is 418 g/mol. The minimum atomic E-state index is -4.59. The molecule has 0 saturated carbocycles. The largest absolute Gasteiger partial charge is 0.416 e. The smallest absolute Gasteiger partial charge is 0.207 e. The summed E-state index contributed by atoms with van der Waals surface area (Å²) in [5.74, 6) is -0.0573. The quantitative estimate of drug-likeness (QED) is 0.623. The van der Waals surface area contributed by atoms with Crippen LogP contribution in [0.2, 0.25) is 5.02 Å². The second-order valence-electron chi connectivity index (χ2n) is 6.82. The lowest BCUT2D eigenvalue weighted by atomic mass is 9.91. The Hall–Kier alpha value is -1.64. The second kappa shape index (κ2) is 8.00. The zero-order valence-electron chi connectivity index (χ0n) is 14.7. The van der Waals surface area contributed by atoms with Crippen molar-refractivity contribution in [3.63, 3.8) is 0 Å². The lowest BCUT2D eigenvalue weighted by Crippen LogP contribution is -2.39. The third kappa shape index (κ3) is 4.67. The van der Waals surface area contributed by atoms with Crippen molar-refractivity contribution in [2.75, 3.05) is 13.1 Å². The van der Waals surface area contributed by atoms with E-state index in [1.807, 2.05) is 0 Å². The van der Waals surface area contributed by atoms with Gasteiger partial charge >= 0.3 is 6.18 Å². The van der Waals surface area contributed by atoms with E-state index >= 15 is 0 Å². The van der Waals surface area contributed by atoms with Crippen molar-refractivity contribution in [1.82, 2.24) is 4.31 Å². The Morgan fingerprint density at radius 3 is 2.18 bits per heavy atom. The fourth-order valence-electron chi connectivity index (χ4n) is 3.33. The molecule has 152 valence electrons. The molecule has 3 nitrogen and oxygen atoms in total.